The van der Waals surface area contributed by atoms with E-state index in [4.69, 9.17) is 5.73 Å². The first-order valence-electron chi connectivity index (χ1n) is 11.3. The van der Waals surface area contributed by atoms with Gasteiger partial charge in [-0.2, -0.15) is 0 Å². The summed E-state index contributed by atoms with van der Waals surface area (Å²) in [5.41, 5.74) is 8.53. The van der Waals surface area contributed by atoms with Crippen molar-refractivity contribution in [1.82, 2.24) is 10.3 Å². The summed E-state index contributed by atoms with van der Waals surface area (Å²) < 4.78 is 29.2. The summed E-state index contributed by atoms with van der Waals surface area (Å²) in [6.45, 7) is -0.475. The molecule has 0 aliphatic heterocycles. The molecular weight excluding hydrogens is 504 g/mol. The molecule has 4 rings (SSSR count). The van der Waals surface area contributed by atoms with Crippen LogP contribution in [-0.2, 0) is 0 Å². The van der Waals surface area contributed by atoms with Gasteiger partial charge in [-0.1, -0.05) is 41.3 Å². The van der Waals surface area contributed by atoms with E-state index in [-0.39, 0.29) is 5.56 Å². The summed E-state index contributed by atoms with van der Waals surface area (Å²) in [5.74, 6) is -1.24. The largest absolute Gasteiger partial charge is 0.394 e. The number of carbonyl (C=O) groups is 1. The molecule has 0 unspecified atom stereocenters. The van der Waals surface area contributed by atoms with E-state index in [1.54, 1.807) is 18.3 Å². The highest BCUT2D eigenvalue weighted by molar-refractivity contribution is 9.10. The fourth-order valence-electron chi connectivity index (χ4n) is 4.50. The number of aliphatic hydroxyl groups excluding tert-OH is 1. The molecule has 3 aromatic rings. The number of nitrogens with one attached hydrogen (secondary N) is 1. The normalized spacial score (nSPS) is 15.2. The first kappa shape index (κ1) is 24.3. The maximum Gasteiger partial charge on any atom is 0.254 e. The second-order valence-corrected chi connectivity index (χ2v) is 9.56. The predicted molar refractivity (Wildman–Crippen MR) is 131 cm³/mol. The van der Waals surface area contributed by atoms with Gasteiger partial charge in [0, 0.05) is 16.2 Å². The molecule has 8 heteroatoms. The molecule has 0 bridgehead atoms. The highest BCUT2D eigenvalue weighted by Gasteiger charge is 2.21. The van der Waals surface area contributed by atoms with E-state index in [2.05, 4.69) is 26.2 Å². The number of rotatable bonds is 6. The van der Waals surface area contributed by atoms with Crippen molar-refractivity contribution in [2.75, 3.05) is 12.3 Å². The molecule has 1 atom stereocenters. The third-order valence-corrected chi connectivity index (χ3v) is 6.77. The smallest absolute Gasteiger partial charge is 0.254 e. The van der Waals surface area contributed by atoms with Crippen molar-refractivity contribution in [2.45, 2.75) is 44.1 Å². The lowest BCUT2D eigenvalue weighted by Gasteiger charge is -2.22. The Kier molecular flexibility index (Phi) is 7.58. The van der Waals surface area contributed by atoms with Gasteiger partial charge in [0.1, 0.15) is 17.5 Å². The lowest BCUT2D eigenvalue weighted by Crippen LogP contribution is -2.31. The Bertz CT molecular complexity index is 1180. The number of aromatic nitrogens is 1. The van der Waals surface area contributed by atoms with E-state index in [0.29, 0.717) is 32.9 Å². The summed E-state index contributed by atoms with van der Waals surface area (Å²) in [6, 6.07) is 9.40. The van der Waals surface area contributed by atoms with Crippen LogP contribution in [-0.4, -0.2) is 22.6 Å². The van der Waals surface area contributed by atoms with E-state index in [1.165, 1.54) is 43.5 Å². The topological polar surface area (TPSA) is 88.2 Å². The molecule has 1 saturated carbocycles. The van der Waals surface area contributed by atoms with E-state index in [1.807, 2.05) is 6.07 Å². The zero-order valence-electron chi connectivity index (χ0n) is 18.5. The number of nitrogens with zero attached hydrogens (tertiary/aromatic N) is 1. The standard InChI is InChI=1S/C26H26BrF2N3O2/c27-19-8-17(9-20(28)12-19)24(14-33)32-26(34)21-7-6-16(11-23(21)29)22-10-18(13-31-25(22)30)15-4-2-1-3-5-15/h6-13,15,24,33H,1-5,14H2,(H2,30,31)(H,32,34)/t24-/m1/s1. The van der Waals surface area contributed by atoms with Crippen molar-refractivity contribution >= 4 is 27.7 Å². The van der Waals surface area contributed by atoms with Crippen LogP contribution in [0.15, 0.2) is 53.1 Å². The van der Waals surface area contributed by atoms with Crippen LogP contribution in [0.25, 0.3) is 11.1 Å². The van der Waals surface area contributed by atoms with Gasteiger partial charge in [0.05, 0.1) is 18.2 Å². The fourth-order valence-corrected chi connectivity index (χ4v) is 4.98. The number of aliphatic hydroxyl groups is 1. The molecule has 1 fully saturated rings. The van der Waals surface area contributed by atoms with Gasteiger partial charge < -0.3 is 16.2 Å². The number of nitrogens with two attached hydrogens (primary N) is 1. The van der Waals surface area contributed by atoms with Crippen LogP contribution in [0.5, 0.6) is 0 Å². The fraction of sp³-hybridized carbons (Fsp3) is 0.308. The Balaban J connectivity index is 1.56. The summed E-state index contributed by atoms with van der Waals surface area (Å²) >= 11 is 3.19. The molecule has 5 nitrogen and oxygen atoms in total. The van der Waals surface area contributed by atoms with Crippen LogP contribution >= 0.6 is 15.9 Å². The van der Waals surface area contributed by atoms with E-state index >= 15 is 4.39 Å². The number of carbonyl (C=O) groups excluding carboxylic acids is 1. The second-order valence-electron chi connectivity index (χ2n) is 8.64. The van der Waals surface area contributed by atoms with Gasteiger partial charge in [-0.3, -0.25) is 4.79 Å². The molecule has 0 radical (unpaired) electrons. The van der Waals surface area contributed by atoms with Crippen LogP contribution in [0.1, 0.15) is 65.5 Å². The monoisotopic (exact) mass is 529 g/mol. The Labute approximate surface area is 205 Å². The molecule has 178 valence electrons. The van der Waals surface area contributed by atoms with Crippen molar-refractivity contribution in [2.24, 2.45) is 0 Å². The average molecular weight is 530 g/mol. The second kappa shape index (κ2) is 10.6. The van der Waals surface area contributed by atoms with Crippen molar-refractivity contribution in [3.63, 3.8) is 0 Å². The van der Waals surface area contributed by atoms with Gasteiger partial charge in [-0.15, -0.1) is 0 Å². The summed E-state index contributed by atoms with van der Waals surface area (Å²) in [6.07, 6.45) is 7.62. The maximum absolute atomic E-state index is 15.0. The van der Waals surface area contributed by atoms with E-state index in [9.17, 15) is 14.3 Å². The highest BCUT2D eigenvalue weighted by atomic mass is 79.9. The van der Waals surface area contributed by atoms with Gasteiger partial charge >= 0.3 is 0 Å². The van der Waals surface area contributed by atoms with Crippen LogP contribution < -0.4 is 11.1 Å². The zero-order valence-corrected chi connectivity index (χ0v) is 20.1. The highest BCUT2D eigenvalue weighted by Crippen LogP contribution is 2.36. The SMILES string of the molecule is Nc1ncc(C2CCCCC2)cc1-c1ccc(C(=O)N[C@H](CO)c2cc(F)cc(Br)c2)c(F)c1. The molecular formula is C26H26BrF2N3O2. The van der Waals surface area contributed by atoms with E-state index < -0.39 is 30.2 Å². The number of benzene rings is 2. The van der Waals surface area contributed by atoms with Crippen molar-refractivity contribution in [1.29, 1.82) is 0 Å². The quantitative estimate of drug-likeness (QED) is 0.371. The Morgan fingerprint density at radius 2 is 1.91 bits per heavy atom. The molecule has 1 aliphatic carbocycles. The Morgan fingerprint density at radius 1 is 1.15 bits per heavy atom. The minimum atomic E-state index is -0.898. The molecule has 1 heterocycles. The Hall–Kier alpha value is -2.84. The number of pyridine rings is 1. The van der Waals surface area contributed by atoms with Crippen LogP contribution in [0.4, 0.5) is 14.6 Å². The summed E-state index contributed by atoms with van der Waals surface area (Å²) in [7, 11) is 0. The average Bonchev–Trinajstić information content (AvgIpc) is 2.82. The van der Waals surface area contributed by atoms with Gasteiger partial charge in [0.25, 0.3) is 5.91 Å². The number of anilines is 1. The first-order chi connectivity index (χ1) is 16.4. The molecule has 1 aliphatic rings. The molecule has 34 heavy (non-hydrogen) atoms. The van der Waals surface area contributed by atoms with Gasteiger partial charge in [-0.25, -0.2) is 13.8 Å². The minimum Gasteiger partial charge on any atom is -0.394 e. The third kappa shape index (κ3) is 5.45. The Morgan fingerprint density at radius 3 is 2.59 bits per heavy atom. The minimum absolute atomic E-state index is 0.187. The van der Waals surface area contributed by atoms with Crippen molar-refractivity contribution in [3.8, 4) is 11.1 Å². The summed E-state index contributed by atoms with van der Waals surface area (Å²) in [4.78, 5) is 17.1. The predicted octanol–water partition coefficient (Wildman–Crippen LogP) is 5.88. The van der Waals surface area contributed by atoms with Crippen LogP contribution in [0.3, 0.4) is 0 Å². The number of hydrogen-bond acceptors (Lipinski definition) is 4. The zero-order chi connectivity index (χ0) is 24.2. The van der Waals surface area contributed by atoms with Crippen LogP contribution in [0, 0.1) is 11.6 Å². The molecule has 0 spiro atoms. The summed E-state index contributed by atoms with van der Waals surface area (Å²) in [5, 5.41) is 12.3. The number of halogens is 3. The number of amides is 1. The number of hydrogen-bond donors (Lipinski definition) is 3. The molecule has 1 aromatic heterocycles. The number of nitrogen functional groups attached to an aromatic ring is 1. The first-order valence-corrected chi connectivity index (χ1v) is 12.1. The maximum atomic E-state index is 15.0. The van der Waals surface area contributed by atoms with Gasteiger partial charge in [-0.05, 0) is 71.8 Å². The third-order valence-electron chi connectivity index (χ3n) is 6.32. The van der Waals surface area contributed by atoms with E-state index in [0.717, 1.165) is 18.4 Å². The van der Waals surface area contributed by atoms with Crippen LogP contribution in [0.2, 0.25) is 0 Å². The lowest BCUT2D eigenvalue weighted by molar-refractivity contribution is 0.0912. The molecule has 1 amide bonds. The molecule has 2 aromatic carbocycles. The van der Waals surface area contributed by atoms with Gasteiger partial charge in [0.2, 0.25) is 0 Å². The van der Waals surface area contributed by atoms with Crippen molar-refractivity contribution in [3.05, 3.63) is 81.5 Å². The molecule has 4 N–H and O–H groups in total. The molecule has 0 saturated heterocycles. The lowest BCUT2D eigenvalue weighted by atomic mass is 9.84. The van der Waals surface area contributed by atoms with Gasteiger partial charge in [0.15, 0.2) is 0 Å². The van der Waals surface area contributed by atoms with Crippen molar-refractivity contribution < 1.29 is 18.7 Å².